The fourth-order valence-electron chi connectivity index (χ4n) is 2.17. The highest BCUT2D eigenvalue weighted by Crippen LogP contribution is 2.14. The molecular weight excluding hydrogens is 242 g/mol. The molecule has 5 heteroatoms. The number of anilines is 1. The van der Waals surface area contributed by atoms with Crippen molar-refractivity contribution in [2.24, 2.45) is 5.92 Å². The summed E-state index contributed by atoms with van der Waals surface area (Å²) in [4.78, 5) is 25.5. The number of likely N-dealkylation sites (tertiary alicyclic amines) is 1. The van der Waals surface area contributed by atoms with Crippen LogP contribution in [0.1, 0.15) is 23.7 Å². The first-order valence-corrected chi connectivity index (χ1v) is 6.48. The van der Waals surface area contributed by atoms with Crippen LogP contribution in [0.3, 0.4) is 0 Å². The van der Waals surface area contributed by atoms with Crippen molar-refractivity contribution in [1.29, 1.82) is 0 Å². The number of nitrogens with zero attached hydrogens (tertiary/aromatic N) is 1. The van der Waals surface area contributed by atoms with E-state index in [1.54, 1.807) is 29.2 Å². The van der Waals surface area contributed by atoms with Crippen molar-refractivity contribution in [3.63, 3.8) is 0 Å². The SMILES string of the molecule is CC1CCN(C(=O)CNC(=O)c2ccc(N)cc2)C1. The number of rotatable bonds is 3. The van der Waals surface area contributed by atoms with Gasteiger partial charge in [-0.05, 0) is 36.6 Å². The molecule has 2 rings (SSSR count). The molecule has 102 valence electrons. The molecule has 0 saturated carbocycles. The van der Waals surface area contributed by atoms with Crippen LogP contribution < -0.4 is 11.1 Å². The topological polar surface area (TPSA) is 75.4 Å². The van der Waals surface area contributed by atoms with Gasteiger partial charge in [-0.15, -0.1) is 0 Å². The van der Waals surface area contributed by atoms with Crippen molar-refractivity contribution in [3.8, 4) is 0 Å². The summed E-state index contributed by atoms with van der Waals surface area (Å²) in [5.74, 6) is 0.283. The molecule has 1 aliphatic rings. The van der Waals surface area contributed by atoms with Crippen LogP contribution in [0.25, 0.3) is 0 Å². The van der Waals surface area contributed by atoms with E-state index in [0.29, 0.717) is 17.2 Å². The largest absolute Gasteiger partial charge is 0.399 e. The number of benzene rings is 1. The normalized spacial score (nSPS) is 18.4. The second kappa shape index (κ2) is 5.73. The highest BCUT2D eigenvalue weighted by molar-refractivity contribution is 5.96. The van der Waals surface area contributed by atoms with Crippen LogP contribution in [0.5, 0.6) is 0 Å². The molecule has 19 heavy (non-hydrogen) atoms. The Morgan fingerprint density at radius 2 is 2.05 bits per heavy atom. The highest BCUT2D eigenvalue weighted by atomic mass is 16.2. The number of carbonyl (C=O) groups excluding carboxylic acids is 2. The van der Waals surface area contributed by atoms with E-state index in [0.717, 1.165) is 19.5 Å². The molecule has 1 fully saturated rings. The Kier molecular flexibility index (Phi) is 4.04. The molecule has 0 radical (unpaired) electrons. The molecule has 1 heterocycles. The maximum Gasteiger partial charge on any atom is 0.251 e. The Morgan fingerprint density at radius 3 is 2.63 bits per heavy atom. The molecule has 3 N–H and O–H groups in total. The van der Waals surface area contributed by atoms with Crippen molar-refractivity contribution < 1.29 is 9.59 Å². The standard InChI is InChI=1S/C14H19N3O2/c1-10-6-7-17(9-10)13(18)8-16-14(19)11-2-4-12(15)5-3-11/h2-5,10H,6-9,15H2,1H3,(H,16,19). The first-order valence-electron chi connectivity index (χ1n) is 6.48. The minimum Gasteiger partial charge on any atom is -0.399 e. The van der Waals surface area contributed by atoms with E-state index in [9.17, 15) is 9.59 Å². The zero-order valence-electron chi connectivity index (χ0n) is 11.1. The second-order valence-electron chi connectivity index (χ2n) is 5.04. The Hall–Kier alpha value is -2.04. The van der Waals surface area contributed by atoms with Crippen molar-refractivity contribution in [1.82, 2.24) is 10.2 Å². The van der Waals surface area contributed by atoms with E-state index in [1.807, 2.05) is 0 Å². The fraction of sp³-hybridized carbons (Fsp3) is 0.429. The Balaban J connectivity index is 1.83. The minimum absolute atomic E-state index is 0.0202. The van der Waals surface area contributed by atoms with Crippen molar-refractivity contribution >= 4 is 17.5 Å². The van der Waals surface area contributed by atoms with Gasteiger partial charge in [-0.2, -0.15) is 0 Å². The molecule has 1 saturated heterocycles. The minimum atomic E-state index is -0.249. The van der Waals surface area contributed by atoms with Crippen molar-refractivity contribution in [2.45, 2.75) is 13.3 Å². The van der Waals surface area contributed by atoms with E-state index in [2.05, 4.69) is 12.2 Å². The third-order valence-electron chi connectivity index (χ3n) is 3.35. The van der Waals surface area contributed by atoms with E-state index in [-0.39, 0.29) is 18.4 Å². The van der Waals surface area contributed by atoms with Crippen molar-refractivity contribution in [2.75, 3.05) is 25.4 Å². The first-order chi connectivity index (χ1) is 9.06. The van der Waals surface area contributed by atoms with Crippen LogP contribution >= 0.6 is 0 Å². The van der Waals surface area contributed by atoms with Gasteiger partial charge in [-0.25, -0.2) is 0 Å². The van der Waals surface area contributed by atoms with E-state index in [1.165, 1.54) is 0 Å². The molecule has 0 aromatic heterocycles. The zero-order chi connectivity index (χ0) is 13.8. The molecule has 1 unspecified atom stereocenters. The van der Waals surface area contributed by atoms with Gasteiger partial charge in [0.25, 0.3) is 5.91 Å². The van der Waals surface area contributed by atoms with Crippen LogP contribution in [-0.2, 0) is 4.79 Å². The van der Waals surface area contributed by atoms with Gasteiger partial charge in [0, 0.05) is 24.3 Å². The van der Waals surface area contributed by atoms with Gasteiger partial charge >= 0.3 is 0 Å². The molecule has 5 nitrogen and oxygen atoms in total. The average Bonchev–Trinajstić information content (AvgIpc) is 2.83. The molecule has 0 spiro atoms. The summed E-state index contributed by atoms with van der Waals surface area (Å²) in [7, 11) is 0. The molecule has 1 atom stereocenters. The van der Waals surface area contributed by atoms with Gasteiger partial charge < -0.3 is 16.0 Å². The van der Waals surface area contributed by atoms with Gasteiger partial charge in [0.15, 0.2) is 0 Å². The Labute approximate surface area is 112 Å². The molecule has 1 aliphatic heterocycles. The molecule has 2 amide bonds. The summed E-state index contributed by atoms with van der Waals surface area (Å²) in [6.45, 7) is 3.75. The third-order valence-corrected chi connectivity index (χ3v) is 3.35. The van der Waals surface area contributed by atoms with Gasteiger partial charge in [-0.1, -0.05) is 6.92 Å². The molecule has 0 bridgehead atoms. The lowest BCUT2D eigenvalue weighted by atomic mass is 10.2. The maximum absolute atomic E-state index is 11.9. The summed E-state index contributed by atoms with van der Waals surface area (Å²) >= 11 is 0. The predicted molar refractivity (Wildman–Crippen MR) is 73.5 cm³/mol. The number of hydrogen-bond acceptors (Lipinski definition) is 3. The Bertz CT molecular complexity index is 470. The number of carbonyl (C=O) groups is 2. The fourth-order valence-corrected chi connectivity index (χ4v) is 2.17. The van der Waals surface area contributed by atoms with Crippen LogP contribution in [0.4, 0.5) is 5.69 Å². The monoisotopic (exact) mass is 261 g/mol. The first kappa shape index (κ1) is 13.4. The average molecular weight is 261 g/mol. The number of hydrogen-bond donors (Lipinski definition) is 2. The lowest BCUT2D eigenvalue weighted by molar-refractivity contribution is -0.129. The molecule has 0 aliphatic carbocycles. The summed E-state index contributed by atoms with van der Waals surface area (Å²) < 4.78 is 0. The molecule has 1 aromatic rings. The molecule has 1 aromatic carbocycles. The second-order valence-corrected chi connectivity index (χ2v) is 5.04. The molecular formula is C14H19N3O2. The van der Waals surface area contributed by atoms with Gasteiger partial charge in [-0.3, -0.25) is 9.59 Å². The summed E-state index contributed by atoms with van der Waals surface area (Å²) in [6.07, 6.45) is 1.04. The summed E-state index contributed by atoms with van der Waals surface area (Å²) in [6, 6.07) is 6.62. The lowest BCUT2D eigenvalue weighted by Gasteiger charge is -2.16. The predicted octanol–water partition coefficient (Wildman–Crippen LogP) is 0.867. The number of nitrogens with two attached hydrogens (primary N) is 1. The van der Waals surface area contributed by atoms with Crippen LogP contribution in [0, 0.1) is 5.92 Å². The number of nitrogen functional groups attached to an aromatic ring is 1. The highest BCUT2D eigenvalue weighted by Gasteiger charge is 2.23. The van der Waals surface area contributed by atoms with Gasteiger partial charge in [0.2, 0.25) is 5.91 Å². The van der Waals surface area contributed by atoms with Gasteiger partial charge in [0.1, 0.15) is 0 Å². The smallest absolute Gasteiger partial charge is 0.251 e. The van der Waals surface area contributed by atoms with E-state index in [4.69, 9.17) is 5.73 Å². The maximum atomic E-state index is 11.9. The van der Waals surface area contributed by atoms with E-state index < -0.39 is 0 Å². The lowest BCUT2D eigenvalue weighted by Crippen LogP contribution is -2.39. The van der Waals surface area contributed by atoms with Gasteiger partial charge in [0.05, 0.1) is 6.54 Å². The van der Waals surface area contributed by atoms with Crippen LogP contribution in [0.2, 0.25) is 0 Å². The zero-order valence-corrected chi connectivity index (χ0v) is 11.1. The summed E-state index contributed by atoms with van der Waals surface area (Å²) in [5, 5.41) is 2.64. The summed E-state index contributed by atoms with van der Waals surface area (Å²) in [5.41, 5.74) is 6.67. The van der Waals surface area contributed by atoms with Crippen LogP contribution in [0.15, 0.2) is 24.3 Å². The Morgan fingerprint density at radius 1 is 1.37 bits per heavy atom. The van der Waals surface area contributed by atoms with E-state index >= 15 is 0 Å². The van der Waals surface area contributed by atoms with Crippen molar-refractivity contribution in [3.05, 3.63) is 29.8 Å². The third kappa shape index (κ3) is 3.47. The number of amides is 2. The quantitative estimate of drug-likeness (QED) is 0.793. The van der Waals surface area contributed by atoms with Crippen LogP contribution in [-0.4, -0.2) is 36.3 Å². The number of nitrogens with one attached hydrogen (secondary N) is 1.